The minimum Gasteiger partial charge on any atom is -0.497 e. The van der Waals surface area contributed by atoms with Crippen molar-refractivity contribution in [3.05, 3.63) is 80.8 Å². The van der Waals surface area contributed by atoms with Crippen LogP contribution in [0.15, 0.2) is 53.9 Å². The van der Waals surface area contributed by atoms with Crippen molar-refractivity contribution >= 4 is 28.8 Å². The van der Waals surface area contributed by atoms with Gasteiger partial charge < -0.3 is 9.64 Å². The van der Waals surface area contributed by atoms with E-state index in [1.165, 1.54) is 0 Å². The Balaban J connectivity index is 1.39. The van der Waals surface area contributed by atoms with E-state index in [4.69, 9.17) is 16.3 Å². The molecule has 1 fully saturated rings. The van der Waals surface area contributed by atoms with Gasteiger partial charge in [0.15, 0.2) is 0 Å². The Morgan fingerprint density at radius 1 is 1.21 bits per heavy atom. The number of hydrogen-bond donors (Lipinski definition) is 0. The fraction of sp³-hybridized carbons (Fsp3) is 0.304. The topological polar surface area (TPSA) is 42.4 Å². The van der Waals surface area contributed by atoms with Gasteiger partial charge in [-0.1, -0.05) is 35.9 Å². The normalized spacial score (nSPS) is 13.3. The molecule has 1 amide bonds. The van der Waals surface area contributed by atoms with Crippen LogP contribution in [0.25, 0.3) is 0 Å². The molecule has 3 aromatic rings. The van der Waals surface area contributed by atoms with Crippen molar-refractivity contribution in [2.45, 2.75) is 38.3 Å². The standard InChI is InChI=1S/C23H23ClN2O2S/c1-28-21-9-5-16(6-10-21)14-26(20-7-8-20)23(27)13-19-15-29-22(25-19)12-17-3-2-4-18(24)11-17/h2-6,9-11,15,20H,7-8,12-14H2,1H3. The fourth-order valence-electron chi connectivity index (χ4n) is 3.32. The molecule has 0 aliphatic heterocycles. The van der Waals surface area contributed by atoms with Crippen LogP contribution in [0.3, 0.4) is 0 Å². The van der Waals surface area contributed by atoms with Gasteiger partial charge >= 0.3 is 0 Å². The molecule has 150 valence electrons. The van der Waals surface area contributed by atoms with Gasteiger partial charge in [-0.3, -0.25) is 4.79 Å². The number of hydrogen-bond acceptors (Lipinski definition) is 4. The van der Waals surface area contributed by atoms with Crippen LogP contribution in [0, 0.1) is 0 Å². The second kappa shape index (κ2) is 8.97. The summed E-state index contributed by atoms with van der Waals surface area (Å²) in [7, 11) is 1.66. The molecule has 0 atom stereocenters. The summed E-state index contributed by atoms with van der Waals surface area (Å²) in [6.45, 7) is 0.632. The monoisotopic (exact) mass is 426 g/mol. The first-order valence-electron chi connectivity index (χ1n) is 9.71. The van der Waals surface area contributed by atoms with Gasteiger partial charge in [0.25, 0.3) is 0 Å². The lowest BCUT2D eigenvalue weighted by atomic mass is 10.1. The molecule has 1 saturated carbocycles. The molecule has 0 N–H and O–H groups in total. The maximum Gasteiger partial charge on any atom is 0.229 e. The Morgan fingerprint density at radius 3 is 2.69 bits per heavy atom. The first-order chi connectivity index (χ1) is 14.1. The summed E-state index contributed by atoms with van der Waals surface area (Å²) < 4.78 is 5.22. The molecule has 4 nitrogen and oxygen atoms in total. The summed E-state index contributed by atoms with van der Waals surface area (Å²) in [5.41, 5.74) is 3.09. The predicted octanol–water partition coefficient (Wildman–Crippen LogP) is 5.13. The minimum atomic E-state index is 0.142. The Kier molecular flexibility index (Phi) is 6.16. The molecule has 6 heteroatoms. The number of thiazole rings is 1. The quantitative estimate of drug-likeness (QED) is 0.501. The lowest BCUT2D eigenvalue weighted by Gasteiger charge is -2.22. The highest BCUT2D eigenvalue weighted by atomic mass is 35.5. The second-order valence-electron chi connectivity index (χ2n) is 7.32. The SMILES string of the molecule is COc1ccc(CN(C(=O)Cc2csc(Cc3cccc(Cl)c3)n2)C2CC2)cc1. The minimum absolute atomic E-state index is 0.142. The van der Waals surface area contributed by atoms with Gasteiger partial charge in [0.1, 0.15) is 5.75 Å². The molecule has 0 unspecified atom stereocenters. The number of rotatable bonds is 8. The van der Waals surface area contributed by atoms with E-state index in [2.05, 4.69) is 4.98 Å². The van der Waals surface area contributed by atoms with E-state index >= 15 is 0 Å². The summed E-state index contributed by atoms with van der Waals surface area (Å²) in [6.07, 6.45) is 3.24. The van der Waals surface area contributed by atoms with E-state index < -0.39 is 0 Å². The maximum absolute atomic E-state index is 13.0. The van der Waals surface area contributed by atoms with Crippen molar-refractivity contribution in [2.75, 3.05) is 7.11 Å². The Morgan fingerprint density at radius 2 is 2.00 bits per heavy atom. The molecule has 0 saturated heterocycles. The summed E-state index contributed by atoms with van der Waals surface area (Å²) in [5, 5.41) is 3.73. The number of methoxy groups -OCH3 is 1. The molecular weight excluding hydrogens is 404 g/mol. The highest BCUT2D eigenvalue weighted by Gasteiger charge is 2.32. The van der Waals surface area contributed by atoms with E-state index in [0.29, 0.717) is 19.0 Å². The second-order valence-corrected chi connectivity index (χ2v) is 8.70. The number of halogens is 1. The van der Waals surface area contributed by atoms with Crippen LogP contribution in [0.4, 0.5) is 0 Å². The van der Waals surface area contributed by atoms with E-state index in [0.717, 1.165) is 51.9 Å². The van der Waals surface area contributed by atoms with Crippen LogP contribution in [0.2, 0.25) is 5.02 Å². The molecule has 2 aromatic carbocycles. The molecular formula is C23H23ClN2O2S. The van der Waals surface area contributed by atoms with E-state index in [9.17, 15) is 4.79 Å². The van der Waals surface area contributed by atoms with Crippen molar-refractivity contribution in [2.24, 2.45) is 0 Å². The third kappa shape index (κ3) is 5.37. The Bertz CT molecular complexity index is 983. The zero-order chi connectivity index (χ0) is 20.2. The van der Waals surface area contributed by atoms with E-state index in [-0.39, 0.29) is 5.91 Å². The highest BCUT2D eigenvalue weighted by Crippen LogP contribution is 2.29. The molecule has 1 aromatic heterocycles. The van der Waals surface area contributed by atoms with E-state index in [1.54, 1.807) is 18.4 Å². The average molecular weight is 427 g/mol. The third-order valence-corrected chi connectivity index (χ3v) is 6.13. The molecule has 1 aliphatic rings. The third-order valence-electron chi connectivity index (χ3n) is 5.00. The van der Waals surface area contributed by atoms with Crippen molar-refractivity contribution in [3.63, 3.8) is 0 Å². The number of nitrogens with zero attached hydrogens (tertiary/aromatic N) is 2. The van der Waals surface area contributed by atoms with Crippen molar-refractivity contribution < 1.29 is 9.53 Å². The van der Waals surface area contributed by atoms with Crippen LogP contribution in [-0.2, 0) is 24.2 Å². The van der Waals surface area contributed by atoms with Gasteiger partial charge in [-0.05, 0) is 48.2 Å². The maximum atomic E-state index is 13.0. The van der Waals surface area contributed by atoms with Crippen LogP contribution in [0.1, 0.15) is 34.7 Å². The number of aromatic nitrogens is 1. The van der Waals surface area contributed by atoms with Crippen LogP contribution in [-0.4, -0.2) is 28.9 Å². The summed E-state index contributed by atoms with van der Waals surface area (Å²) in [6, 6.07) is 16.1. The van der Waals surface area contributed by atoms with E-state index in [1.807, 2.05) is 58.8 Å². The first kappa shape index (κ1) is 19.9. The summed E-state index contributed by atoms with van der Waals surface area (Å²) in [4.78, 5) is 19.7. The van der Waals surface area contributed by atoms with Crippen LogP contribution < -0.4 is 4.74 Å². The lowest BCUT2D eigenvalue weighted by Crippen LogP contribution is -2.33. The largest absolute Gasteiger partial charge is 0.497 e. The highest BCUT2D eigenvalue weighted by molar-refractivity contribution is 7.09. The number of ether oxygens (including phenoxy) is 1. The van der Waals surface area contributed by atoms with Crippen molar-refractivity contribution in [3.8, 4) is 5.75 Å². The van der Waals surface area contributed by atoms with Gasteiger partial charge in [0.2, 0.25) is 5.91 Å². The Hall–Kier alpha value is -2.37. The smallest absolute Gasteiger partial charge is 0.229 e. The van der Waals surface area contributed by atoms with Gasteiger partial charge in [-0.2, -0.15) is 0 Å². The summed E-state index contributed by atoms with van der Waals surface area (Å²) in [5.74, 6) is 0.968. The van der Waals surface area contributed by atoms with Crippen LogP contribution >= 0.6 is 22.9 Å². The number of amides is 1. The lowest BCUT2D eigenvalue weighted by molar-refractivity contribution is -0.131. The summed E-state index contributed by atoms with van der Waals surface area (Å²) >= 11 is 7.66. The molecule has 29 heavy (non-hydrogen) atoms. The number of carbonyl (C=O) groups is 1. The van der Waals surface area contributed by atoms with Gasteiger partial charge in [-0.15, -0.1) is 11.3 Å². The van der Waals surface area contributed by atoms with Crippen molar-refractivity contribution in [1.82, 2.24) is 9.88 Å². The molecule has 0 radical (unpaired) electrons. The molecule has 0 spiro atoms. The van der Waals surface area contributed by atoms with Crippen molar-refractivity contribution in [1.29, 1.82) is 0 Å². The zero-order valence-electron chi connectivity index (χ0n) is 16.3. The van der Waals surface area contributed by atoms with Crippen LogP contribution in [0.5, 0.6) is 5.75 Å². The number of benzene rings is 2. The molecule has 4 rings (SSSR count). The fourth-order valence-corrected chi connectivity index (χ4v) is 4.37. The first-order valence-corrected chi connectivity index (χ1v) is 11.0. The zero-order valence-corrected chi connectivity index (χ0v) is 17.9. The molecule has 1 aliphatic carbocycles. The van der Waals surface area contributed by atoms with Gasteiger partial charge in [-0.25, -0.2) is 4.98 Å². The predicted molar refractivity (Wildman–Crippen MR) is 117 cm³/mol. The average Bonchev–Trinajstić information content (AvgIpc) is 3.47. The number of carbonyl (C=O) groups excluding carboxylic acids is 1. The molecule has 0 bridgehead atoms. The Labute approximate surface area is 180 Å². The van der Waals surface area contributed by atoms with Gasteiger partial charge in [0, 0.05) is 29.4 Å². The molecule has 1 heterocycles. The van der Waals surface area contributed by atoms with Gasteiger partial charge in [0.05, 0.1) is 24.2 Å².